The lowest BCUT2D eigenvalue weighted by Gasteiger charge is -2.06. The number of hydrogen-bond acceptors (Lipinski definition) is 2. The van der Waals surface area contributed by atoms with Gasteiger partial charge in [-0.05, 0) is 47.0 Å². The number of benzene rings is 1. The van der Waals surface area contributed by atoms with E-state index in [1.807, 2.05) is 11.4 Å². The number of carbonyl (C=O) groups is 1. The fraction of sp³-hybridized carbons (Fsp3) is 0.154. The lowest BCUT2D eigenvalue weighted by molar-refractivity contribution is 0.0954. The molecular formula is C13H11BrClNOS. The highest BCUT2D eigenvalue weighted by Gasteiger charge is 2.10. The van der Waals surface area contributed by atoms with E-state index in [4.69, 9.17) is 11.6 Å². The van der Waals surface area contributed by atoms with Crippen LogP contribution >= 0.6 is 38.9 Å². The van der Waals surface area contributed by atoms with Gasteiger partial charge in [-0.25, -0.2) is 0 Å². The van der Waals surface area contributed by atoms with Crippen LogP contribution in [-0.4, -0.2) is 12.5 Å². The summed E-state index contributed by atoms with van der Waals surface area (Å²) in [5.74, 6) is -0.142. The highest BCUT2D eigenvalue weighted by atomic mass is 79.9. The van der Waals surface area contributed by atoms with Gasteiger partial charge < -0.3 is 5.32 Å². The molecule has 0 aliphatic rings. The van der Waals surface area contributed by atoms with Gasteiger partial charge in [-0.2, -0.15) is 11.3 Å². The number of rotatable bonds is 4. The van der Waals surface area contributed by atoms with Crippen molar-refractivity contribution in [1.29, 1.82) is 0 Å². The number of carbonyl (C=O) groups excluding carboxylic acids is 1. The molecule has 2 aromatic rings. The van der Waals surface area contributed by atoms with Crippen LogP contribution in [0.25, 0.3) is 0 Å². The Morgan fingerprint density at radius 3 is 2.94 bits per heavy atom. The third kappa shape index (κ3) is 3.57. The smallest absolute Gasteiger partial charge is 0.252 e. The Hall–Kier alpha value is -0.840. The molecule has 1 aromatic heterocycles. The first-order valence-electron chi connectivity index (χ1n) is 5.41. The standard InChI is InChI=1S/C13H11BrClNOS/c14-10-1-2-12(15)11(7-10)13(17)16-5-3-9-4-6-18-8-9/h1-2,4,6-8H,3,5H2,(H,16,17). The summed E-state index contributed by atoms with van der Waals surface area (Å²) in [4.78, 5) is 11.9. The molecular weight excluding hydrogens is 334 g/mol. The van der Waals surface area contributed by atoms with Crippen LogP contribution < -0.4 is 5.32 Å². The van der Waals surface area contributed by atoms with Crippen LogP contribution in [-0.2, 0) is 6.42 Å². The van der Waals surface area contributed by atoms with E-state index in [0.29, 0.717) is 17.1 Å². The molecule has 0 bridgehead atoms. The van der Waals surface area contributed by atoms with Crippen LogP contribution in [0.5, 0.6) is 0 Å². The minimum Gasteiger partial charge on any atom is -0.352 e. The third-order valence-corrected chi connectivity index (χ3v) is 4.01. The van der Waals surface area contributed by atoms with Gasteiger partial charge in [0.25, 0.3) is 5.91 Å². The van der Waals surface area contributed by atoms with E-state index in [9.17, 15) is 4.79 Å². The van der Waals surface area contributed by atoms with Crippen LogP contribution in [0.15, 0.2) is 39.5 Å². The molecule has 1 heterocycles. The molecule has 1 N–H and O–H groups in total. The van der Waals surface area contributed by atoms with Crippen molar-refractivity contribution in [3.05, 3.63) is 55.6 Å². The van der Waals surface area contributed by atoms with E-state index in [-0.39, 0.29) is 5.91 Å². The molecule has 2 rings (SSSR count). The van der Waals surface area contributed by atoms with Crippen molar-refractivity contribution < 1.29 is 4.79 Å². The number of hydrogen-bond donors (Lipinski definition) is 1. The van der Waals surface area contributed by atoms with Crippen molar-refractivity contribution >= 4 is 44.8 Å². The molecule has 0 aliphatic heterocycles. The zero-order valence-electron chi connectivity index (χ0n) is 9.45. The topological polar surface area (TPSA) is 29.1 Å². The Morgan fingerprint density at radius 1 is 1.39 bits per heavy atom. The first-order chi connectivity index (χ1) is 8.66. The molecule has 0 unspecified atom stereocenters. The molecule has 0 spiro atoms. The maximum Gasteiger partial charge on any atom is 0.252 e. The van der Waals surface area contributed by atoms with E-state index in [0.717, 1.165) is 10.9 Å². The molecule has 18 heavy (non-hydrogen) atoms. The van der Waals surface area contributed by atoms with Gasteiger partial charge in [-0.15, -0.1) is 0 Å². The van der Waals surface area contributed by atoms with Crippen molar-refractivity contribution in [2.24, 2.45) is 0 Å². The summed E-state index contributed by atoms with van der Waals surface area (Å²) in [6.45, 7) is 0.610. The van der Waals surface area contributed by atoms with Gasteiger partial charge in [-0.1, -0.05) is 27.5 Å². The maximum absolute atomic E-state index is 11.9. The minimum absolute atomic E-state index is 0.142. The molecule has 0 aliphatic carbocycles. The molecule has 0 saturated carbocycles. The van der Waals surface area contributed by atoms with E-state index in [1.54, 1.807) is 23.5 Å². The van der Waals surface area contributed by atoms with Crippen LogP contribution in [0.4, 0.5) is 0 Å². The normalized spacial score (nSPS) is 10.3. The highest BCUT2D eigenvalue weighted by molar-refractivity contribution is 9.10. The van der Waals surface area contributed by atoms with Gasteiger partial charge >= 0.3 is 0 Å². The summed E-state index contributed by atoms with van der Waals surface area (Å²) in [7, 11) is 0. The van der Waals surface area contributed by atoms with Crippen molar-refractivity contribution in [2.75, 3.05) is 6.54 Å². The Balaban J connectivity index is 1.93. The summed E-state index contributed by atoms with van der Waals surface area (Å²) < 4.78 is 0.842. The van der Waals surface area contributed by atoms with E-state index in [1.165, 1.54) is 5.56 Å². The van der Waals surface area contributed by atoms with Gasteiger partial charge in [0.15, 0.2) is 0 Å². The second-order valence-electron chi connectivity index (χ2n) is 3.76. The molecule has 5 heteroatoms. The Kier molecular flexibility index (Phi) is 4.80. The highest BCUT2D eigenvalue weighted by Crippen LogP contribution is 2.20. The van der Waals surface area contributed by atoms with Crippen LogP contribution in [0.2, 0.25) is 5.02 Å². The van der Waals surface area contributed by atoms with Gasteiger partial charge in [0.05, 0.1) is 10.6 Å². The van der Waals surface area contributed by atoms with E-state index in [2.05, 4.69) is 32.7 Å². The first kappa shape index (κ1) is 13.6. The Labute approximate surface area is 123 Å². The maximum atomic E-state index is 11.9. The number of halogens is 2. The van der Waals surface area contributed by atoms with Crippen molar-refractivity contribution in [3.8, 4) is 0 Å². The van der Waals surface area contributed by atoms with Crippen molar-refractivity contribution in [1.82, 2.24) is 5.32 Å². The zero-order chi connectivity index (χ0) is 13.0. The second-order valence-corrected chi connectivity index (χ2v) is 5.86. The Bertz CT molecular complexity index is 542. The predicted molar refractivity (Wildman–Crippen MR) is 79.5 cm³/mol. The number of amides is 1. The van der Waals surface area contributed by atoms with Gasteiger partial charge in [0.1, 0.15) is 0 Å². The summed E-state index contributed by atoms with van der Waals surface area (Å²) in [5.41, 5.74) is 1.73. The van der Waals surface area contributed by atoms with Crippen LogP contribution in [0.3, 0.4) is 0 Å². The molecule has 2 nitrogen and oxygen atoms in total. The number of nitrogens with one attached hydrogen (secondary N) is 1. The van der Waals surface area contributed by atoms with Crippen molar-refractivity contribution in [2.45, 2.75) is 6.42 Å². The van der Waals surface area contributed by atoms with Gasteiger partial charge in [-0.3, -0.25) is 4.79 Å². The molecule has 1 amide bonds. The summed E-state index contributed by atoms with van der Waals surface area (Å²) in [5, 5.41) is 7.44. The molecule has 94 valence electrons. The monoisotopic (exact) mass is 343 g/mol. The van der Waals surface area contributed by atoms with E-state index < -0.39 is 0 Å². The minimum atomic E-state index is -0.142. The predicted octanol–water partition coefficient (Wildman–Crippen LogP) is 4.14. The average Bonchev–Trinajstić information content (AvgIpc) is 2.85. The van der Waals surface area contributed by atoms with Crippen molar-refractivity contribution in [3.63, 3.8) is 0 Å². The molecule has 0 atom stereocenters. The quantitative estimate of drug-likeness (QED) is 0.887. The fourth-order valence-corrected chi connectivity index (χ4v) is 2.79. The largest absolute Gasteiger partial charge is 0.352 e. The molecule has 0 radical (unpaired) electrons. The number of thiophene rings is 1. The lowest BCUT2D eigenvalue weighted by Crippen LogP contribution is -2.25. The summed E-state index contributed by atoms with van der Waals surface area (Å²) >= 11 is 11.0. The van der Waals surface area contributed by atoms with Crippen LogP contribution in [0, 0.1) is 0 Å². The second kappa shape index (κ2) is 6.36. The molecule has 0 fully saturated rings. The first-order valence-corrected chi connectivity index (χ1v) is 7.52. The third-order valence-electron chi connectivity index (χ3n) is 2.45. The SMILES string of the molecule is O=C(NCCc1ccsc1)c1cc(Br)ccc1Cl. The average molecular weight is 345 g/mol. The summed E-state index contributed by atoms with van der Waals surface area (Å²) in [6.07, 6.45) is 0.834. The van der Waals surface area contributed by atoms with Gasteiger partial charge in [0.2, 0.25) is 0 Å². The van der Waals surface area contributed by atoms with Crippen LogP contribution in [0.1, 0.15) is 15.9 Å². The zero-order valence-corrected chi connectivity index (χ0v) is 12.6. The lowest BCUT2D eigenvalue weighted by atomic mass is 10.2. The molecule has 1 aromatic carbocycles. The molecule has 0 saturated heterocycles. The van der Waals surface area contributed by atoms with Gasteiger partial charge in [0, 0.05) is 11.0 Å². The van der Waals surface area contributed by atoms with E-state index >= 15 is 0 Å². The fourth-order valence-electron chi connectivity index (χ4n) is 1.52. The Morgan fingerprint density at radius 2 is 2.22 bits per heavy atom. The summed E-state index contributed by atoms with van der Waals surface area (Å²) in [6, 6.07) is 7.30.